The van der Waals surface area contributed by atoms with Crippen LogP contribution in [0, 0.1) is 5.82 Å². The number of amides is 3. The summed E-state index contributed by atoms with van der Waals surface area (Å²) in [6, 6.07) is 14.7. The highest BCUT2D eigenvalue weighted by Gasteiger charge is 2.31. The minimum absolute atomic E-state index is 0.154. The average Bonchev–Trinajstić information content (AvgIpc) is 3.41. The second kappa shape index (κ2) is 8.51. The van der Waals surface area contributed by atoms with Gasteiger partial charge in [-0.3, -0.25) is 29.2 Å². The van der Waals surface area contributed by atoms with Gasteiger partial charge in [-0.25, -0.2) is 9.37 Å². The second-order valence-corrected chi connectivity index (χ2v) is 8.52. The fourth-order valence-electron chi connectivity index (χ4n) is 3.72. The Kier molecular flexibility index (Phi) is 5.39. The molecule has 5 rings (SSSR count). The Balaban J connectivity index is 1.55. The molecule has 0 saturated carbocycles. The maximum atomic E-state index is 14.3. The summed E-state index contributed by atoms with van der Waals surface area (Å²) in [4.78, 5) is 49.0. The van der Waals surface area contributed by atoms with E-state index in [1.165, 1.54) is 28.4 Å². The molecule has 0 unspecified atom stereocenters. The number of benzene rings is 2. The van der Waals surface area contributed by atoms with Gasteiger partial charge in [0, 0.05) is 30.8 Å². The van der Waals surface area contributed by atoms with Crippen molar-refractivity contribution in [2.24, 2.45) is 0 Å². The summed E-state index contributed by atoms with van der Waals surface area (Å²) in [5, 5.41) is 0.336. The Morgan fingerprint density at radius 3 is 2.58 bits per heavy atom. The molecule has 3 heterocycles. The number of aromatic nitrogens is 2. The second-order valence-electron chi connectivity index (χ2n) is 7.51. The minimum Gasteiger partial charge on any atom is -0.279 e. The van der Waals surface area contributed by atoms with Gasteiger partial charge < -0.3 is 0 Å². The van der Waals surface area contributed by atoms with Crippen LogP contribution in [0.5, 0.6) is 0 Å². The van der Waals surface area contributed by atoms with Gasteiger partial charge in [0.05, 0.1) is 16.9 Å². The summed E-state index contributed by atoms with van der Waals surface area (Å²) in [6.07, 6.45) is 3.59. The first-order valence-corrected chi connectivity index (χ1v) is 11.0. The van der Waals surface area contributed by atoms with Crippen LogP contribution in [0.3, 0.4) is 0 Å². The largest absolute Gasteiger partial charge is 0.279 e. The van der Waals surface area contributed by atoms with Crippen LogP contribution < -0.4 is 9.80 Å². The highest BCUT2D eigenvalue weighted by molar-refractivity contribution is 7.22. The highest BCUT2D eigenvalue weighted by Crippen LogP contribution is 2.32. The molecule has 9 heteroatoms. The standard InChI is InChI=1S/C24H17FN4O3S/c25-18-7-2-8-19-22(18)27-24(33-19)28(14-15-4-3-11-26-13-15)23(32)16-5-1-6-17(12-16)29-20(30)9-10-21(29)31/h1-8,11-13H,9-10,14H2. The van der Waals surface area contributed by atoms with Crippen LogP contribution in [0.2, 0.25) is 0 Å². The van der Waals surface area contributed by atoms with Crippen molar-refractivity contribution in [2.75, 3.05) is 9.80 Å². The van der Waals surface area contributed by atoms with E-state index in [2.05, 4.69) is 9.97 Å². The van der Waals surface area contributed by atoms with Crippen LogP contribution in [0.4, 0.5) is 15.2 Å². The minimum atomic E-state index is -0.461. The topological polar surface area (TPSA) is 83.5 Å². The number of rotatable bonds is 5. The Labute approximate surface area is 192 Å². The van der Waals surface area contributed by atoms with E-state index in [4.69, 9.17) is 0 Å². The van der Waals surface area contributed by atoms with Crippen molar-refractivity contribution in [3.63, 3.8) is 0 Å². The number of nitrogens with zero attached hydrogens (tertiary/aromatic N) is 4. The van der Waals surface area contributed by atoms with Gasteiger partial charge in [-0.2, -0.15) is 0 Å². The lowest BCUT2D eigenvalue weighted by atomic mass is 10.1. The van der Waals surface area contributed by atoms with Crippen LogP contribution in [-0.2, 0) is 16.1 Å². The number of hydrogen-bond donors (Lipinski definition) is 0. The average molecular weight is 460 g/mol. The lowest BCUT2D eigenvalue weighted by Crippen LogP contribution is -2.31. The zero-order chi connectivity index (χ0) is 22.9. The first-order valence-electron chi connectivity index (χ1n) is 10.2. The van der Waals surface area contributed by atoms with Crippen LogP contribution in [0.15, 0.2) is 67.0 Å². The van der Waals surface area contributed by atoms with E-state index in [1.54, 1.807) is 48.8 Å². The number of anilines is 2. The SMILES string of the molecule is O=C(c1cccc(N2C(=O)CCC2=O)c1)N(Cc1cccnc1)c1nc2c(F)cccc2s1. The molecule has 33 heavy (non-hydrogen) atoms. The molecule has 0 aliphatic carbocycles. The summed E-state index contributed by atoms with van der Waals surface area (Å²) in [5.41, 5.74) is 1.60. The van der Waals surface area contributed by atoms with E-state index in [0.717, 1.165) is 10.5 Å². The van der Waals surface area contributed by atoms with E-state index in [0.29, 0.717) is 15.5 Å². The molecular weight excluding hydrogens is 443 g/mol. The molecule has 0 bridgehead atoms. The van der Waals surface area contributed by atoms with Gasteiger partial charge in [-0.05, 0) is 42.0 Å². The summed E-state index contributed by atoms with van der Waals surface area (Å²) in [7, 11) is 0. The number of hydrogen-bond acceptors (Lipinski definition) is 6. The van der Waals surface area contributed by atoms with E-state index >= 15 is 0 Å². The van der Waals surface area contributed by atoms with Crippen LogP contribution in [0.25, 0.3) is 10.2 Å². The smallest absolute Gasteiger partial charge is 0.260 e. The van der Waals surface area contributed by atoms with Crippen molar-refractivity contribution in [3.8, 4) is 0 Å². The fourth-order valence-corrected chi connectivity index (χ4v) is 4.70. The lowest BCUT2D eigenvalue weighted by Gasteiger charge is -2.21. The molecule has 0 atom stereocenters. The number of imide groups is 1. The Bertz CT molecular complexity index is 1370. The molecule has 2 aromatic carbocycles. The molecular formula is C24H17FN4O3S. The Hall–Kier alpha value is -3.98. The summed E-state index contributed by atoms with van der Waals surface area (Å²) in [6.45, 7) is 0.167. The zero-order valence-electron chi connectivity index (χ0n) is 17.3. The molecule has 0 radical (unpaired) electrons. The van der Waals surface area contributed by atoms with Crippen LogP contribution >= 0.6 is 11.3 Å². The quantitative estimate of drug-likeness (QED) is 0.414. The molecule has 0 N–H and O–H groups in total. The van der Waals surface area contributed by atoms with Crippen molar-refractivity contribution >= 4 is 50.1 Å². The molecule has 1 saturated heterocycles. The lowest BCUT2D eigenvalue weighted by molar-refractivity contribution is -0.121. The summed E-state index contributed by atoms with van der Waals surface area (Å²) in [5.74, 6) is -1.44. The van der Waals surface area contributed by atoms with Gasteiger partial charge in [0.2, 0.25) is 11.8 Å². The maximum absolute atomic E-state index is 14.3. The van der Waals surface area contributed by atoms with E-state index in [-0.39, 0.29) is 48.2 Å². The number of fused-ring (bicyclic) bond motifs is 1. The summed E-state index contributed by atoms with van der Waals surface area (Å²) < 4.78 is 14.9. The number of carbonyl (C=O) groups is 3. The third-order valence-electron chi connectivity index (χ3n) is 5.30. The maximum Gasteiger partial charge on any atom is 0.260 e. The predicted molar refractivity (Wildman–Crippen MR) is 122 cm³/mol. The van der Waals surface area contributed by atoms with Crippen LogP contribution in [0.1, 0.15) is 28.8 Å². The van der Waals surface area contributed by atoms with Crippen molar-refractivity contribution < 1.29 is 18.8 Å². The van der Waals surface area contributed by atoms with E-state index in [9.17, 15) is 18.8 Å². The van der Waals surface area contributed by atoms with Gasteiger partial charge in [0.1, 0.15) is 11.3 Å². The van der Waals surface area contributed by atoms with Crippen LogP contribution in [-0.4, -0.2) is 27.7 Å². The number of halogens is 1. The predicted octanol–water partition coefficient (Wildman–Crippen LogP) is 4.33. The fraction of sp³-hybridized carbons (Fsp3) is 0.125. The van der Waals surface area contributed by atoms with Crippen molar-refractivity contribution in [1.82, 2.24) is 9.97 Å². The van der Waals surface area contributed by atoms with Gasteiger partial charge >= 0.3 is 0 Å². The van der Waals surface area contributed by atoms with Crippen molar-refractivity contribution in [2.45, 2.75) is 19.4 Å². The molecule has 7 nitrogen and oxygen atoms in total. The molecule has 164 valence electrons. The third-order valence-corrected chi connectivity index (χ3v) is 6.34. The third kappa shape index (κ3) is 3.98. The summed E-state index contributed by atoms with van der Waals surface area (Å²) >= 11 is 1.21. The highest BCUT2D eigenvalue weighted by atomic mass is 32.1. The van der Waals surface area contributed by atoms with Gasteiger partial charge in [0.25, 0.3) is 5.91 Å². The monoisotopic (exact) mass is 460 g/mol. The number of thiazole rings is 1. The Morgan fingerprint density at radius 1 is 1.06 bits per heavy atom. The molecule has 3 amide bonds. The zero-order valence-corrected chi connectivity index (χ0v) is 18.1. The van der Waals surface area contributed by atoms with Gasteiger partial charge in [-0.15, -0.1) is 0 Å². The molecule has 2 aromatic heterocycles. The molecule has 1 fully saturated rings. The first kappa shape index (κ1) is 20.9. The molecule has 1 aliphatic heterocycles. The number of para-hydroxylation sites is 1. The number of carbonyl (C=O) groups excluding carboxylic acids is 3. The molecule has 0 spiro atoms. The van der Waals surface area contributed by atoms with Gasteiger partial charge in [0.15, 0.2) is 5.13 Å². The Morgan fingerprint density at radius 2 is 1.85 bits per heavy atom. The van der Waals surface area contributed by atoms with Gasteiger partial charge in [-0.1, -0.05) is 29.5 Å². The van der Waals surface area contributed by atoms with Crippen molar-refractivity contribution in [3.05, 3.63) is 83.9 Å². The first-order chi connectivity index (χ1) is 16.0. The van der Waals surface area contributed by atoms with E-state index < -0.39 is 5.82 Å². The number of pyridine rings is 1. The normalized spacial score (nSPS) is 13.7. The molecule has 1 aliphatic rings. The molecule has 4 aromatic rings. The van der Waals surface area contributed by atoms with E-state index in [1.807, 2.05) is 6.07 Å². The van der Waals surface area contributed by atoms with Crippen molar-refractivity contribution in [1.29, 1.82) is 0 Å².